The smallest absolute Gasteiger partial charge is 0.139 e. The number of hydrogen-bond acceptors (Lipinski definition) is 2. The molecule has 4 heteroatoms. The Bertz CT molecular complexity index is 415. The summed E-state index contributed by atoms with van der Waals surface area (Å²) >= 11 is 12.0. The molecular formula is C15H21Cl2NO. The fraction of sp³-hybridized carbons (Fsp3) is 0.600. The van der Waals surface area contributed by atoms with E-state index >= 15 is 0 Å². The van der Waals surface area contributed by atoms with Gasteiger partial charge in [0.15, 0.2) is 0 Å². The van der Waals surface area contributed by atoms with Crippen molar-refractivity contribution in [3.8, 4) is 5.75 Å². The second-order valence-corrected chi connectivity index (χ2v) is 6.39. The van der Waals surface area contributed by atoms with E-state index in [0.717, 1.165) is 31.5 Å². The maximum absolute atomic E-state index is 6.09. The lowest BCUT2D eigenvalue weighted by atomic mass is 9.92. The van der Waals surface area contributed by atoms with Gasteiger partial charge in [0, 0.05) is 19.6 Å². The first kappa shape index (κ1) is 15.0. The first-order valence-corrected chi connectivity index (χ1v) is 7.61. The molecule has 0 N–H and O–H groups in total. The maximum atomic E-state index is 6.09. The van der Waals surface area contributed by atoms with Crippen LogP contribution in [0.4, 0.5) is 0 Å². The molecule has 0 radical (unpaired) electrons. The Balaban J connectivity index is 1.81. The van der Waals surface area contributed by atoms with Crippen molar-refractivity contribution in [1.29, 1.82) is 0 Å². The summed E-state index contributed by atoms with van der Waals surface area (Å²) in [5.41, 5.74) is 0. The predicted octanol–water partition coefficient (Wildman–Crippen LogP) is 4.35. The molecule has 19 heavy (non-hydrogen) atoms. The van der Waals surface area contributed by atoms with Gasteiger partial charge in [0.05, 0.1) is 5.02 Å². The Labute approximate surface area is 125 Å². The normalized spacial score (nSPS) is 24.4. The second-order valence-electron chi connectivity index (χ2n) is 5.61. The summed E-state index contributed by atoms with van der Waals surface area (Å²) < 4.78 is 5.73. The van der Waals surface area contributed by atoms with E-state index in [1.54, 1.807) is 6.07 Å². The lowest BCUT2D eigenvalue weighted by Crippen LogP contribution is -2.40. The minimum Gasteiger partial charge on any atom is -0.491 e. The van der Waals surface area contributed by atoms with Gasteiger partial charge in [-0.1, -0.05) is 43.1 Å². The fourth-order valence-electron chi connectivity index (χ4n) is 2.85. The number of halogens is 2. The molecule has 0 aliphatic carbocycles. The van der Waals surface area contributed by atoms with Crippen LogP contribution in [0.2, 0.25) is 10.0 Å². The van der Waals surface area contributed by atoms with Crippen molar-refractivity contribution < 1.29 is 4.74 Å². The third-order valence-electron chi connectivity index (χ3n) is 3.53. The van der Waals surface area contributed by atoms with E-state index in [9.17, 15) is 0 Å². The first-order chi connectivity index (χ1) is 9.06. The van der Waals surface area contributed by atoms with Crippen molar-refractivity contribution in [3.63, 3.8) is 0 Å². The van der Waals surface area contributed by atoms with E-state index in [4.69, 9.17) is 27.9 Å². The summed E-state index contributed by atoms with van der Waals surface area (Å²) in [7, 11) is 0. The highest BCUT2D eigenvalue weighted by Crippen LogP contribution is 2.31. The van der Waals surface area contributed by atoms with Crippen molar-refractivity contribution in [2.45, 2.75) is 20.3 Å². The standard InChI is InChI=1S/C15H21Cl2NO/c1-11-8-12(2)10-18(9-11)6-7-19-14-5-3-4-13(16)15(14)17/h3-5,11-12H,6-10H2,1-2H3/t11-,12-/m1/s1. The summed E-state index contributed by atoms with van der Waals surface area (Å²) in [5.74, 6) is 2.23. The minimum atomic E-state index is 0.504. The number of piperidine rings is 1. The van der Waals surface area contributed by atoms with Gasteiger partial charge in [-0.2, -0.15) is 0 Å². The zero-order valence-corrected chi connectivity index (χ0v) is 13.0. The topological polar surface area (TPSA) is 12.5 Å². The number of ether oxygens (including phenoxy) is 1. The molecule has 0 aromatic heterocycles. The van der Waals surface area contributed by atoms with Crippen LogP contribution in [-0.2, 0) is 0 Å². The summed E-state index contributed by atoms with van der Waals surface area (Å²) in [6.07, 6.45) is 1.33. The van der Waals surface area contributed by atoms with Crippen LogP contribution in [0.5, 0.6) is 5.75 Å². The number of hydrogen-bond donors (Lipinski definition) is 0. The molecule has 0 spiro atoms. The lowest BCUT2D eigenvalue weighted by molar-refractivity contribution is 0.120. The number of likely N-dealkylation sites (tertiary alicyclic amines) is 1. The third-order valence-corrected chi connectivity index (χ3v) is 4.33. The highest BCUT2D eigenvalue weighted by Gasteiger charge is 2.21. The Morgan fingerprint density at radius 1 is 1.21 bits per heavy atom. The number of benzene rings is 1. The molecule has 1 aromatic carbocycles. The predicted molar refractivity (Wildman–Crippen MR) is 81.3 cm³/mol. The summed E-state index contributed by atoms with van der Waals surface area (Å²) in [6, 6.07) is 5.48. The zero-order valence-electron chi connectivity index (χ0n) is 11.5. The van der Waals surface area contributed by atoms with E-state index in [1.807, 2.05) is 12.1 Å². The molecule has 0 saturated carbocycles. The van der Waals surface area contributed by atoms with Crippen LogP contribution in [0.3, 0.4) is 0 Å². The van der Waals surface area contributed by atoms with E-state index in [-0.39, 0.29) is 0 Å². The molecule has 0 unspecified atom stereocenters. The minimum absolute atomic E-state index is 0.504. The van der Waals surface area contributed by atoms with Crippen molar-refractivity contribution in [1.82, 2.24) is 4.90 Å². The SMILES string of the molecule is C[C@@H]1C[C@@H](C)CN(CCOc2cccc(Cl)c2Cl)C1. The fourth-order valence-corrected chi connectivity index (χ4v) is 3.20. The van der Waals surface area contributed by atoms with Gasteiger partial charge in [-0.25, -0.2) is 0 Å². The van der Waals surface area contributed by atoms with Crippen LogP contribution < -0.4 is 4.74 Å². The third kappa shape index (κ3) is 4.27. The van der Waals surface area contributed by atoms with Crippen LogP contribution in [0.25, 0.3) is 0 Å². The van der Waals surface area contributed by atoms with E-state index in [2.05, 4.69) is 18.7 Å². The molecule has 1 aromatic rings. The first-order valence-electron chi connectivity index (χ1n) is 6.85. The van der Waals surface area contributed by atoms with E-state index in [1.165, 1.54) is 6.42 Å². The van der Waals surface area contributed by atoms with Gasteiger partial charge < -0.3 is 4.74 Å². The summed E-state index contributed by atoms with van der Waals surface area (Å²) in [5, 5.41) is 1.05. The van der Waals surface area contributed by atoms with Gasteiger partial charge in [-0.15, -0.1) is 0 Å². The maximum Gasteiger partial charge on any atom is 0.139 e. The molecule has 2 nitrogen and oxygen atoms in total. The highest BCUT2D eigenvalue weighted by atomic mass is 35.5. The molecule has 0 bridgehead atoms. The van der Waals surface area contributed by atoms with Crippen LogP contribution in [0.15, 0.2) is 18.2 Å². The number of nitrogens with zero attached hydrogens (tertiary/aromatic N) is 1. The van der Waals surface area contributed by atoms with Gasteiger partial charge in [-0.3, -0.25) is 4.90 Å². The van der Waals surface area contributed by atoms with Crippen LogP contribution in [-0.4, -0.2) is 31.1 Å². The van der Waals surface area contributed by atoms with Crippen LogP contribution in [0, 0.1) is 11.8 Å². The Morgan fingerprint density at radius 3 is 2.58 bits per heavy atom. The molecule has 2 atom stereocenters. The average Bonchev–Trinajstić information content (AvgIpc) is 2.33. The van der Waals surface area contributed by atoms with Crippen LogP contribution >= 0.6 is 23.2 Å². The van der Waals surface area contributed by atoms with Gasteiger partial charge in [0.1, 0.15) is 17.4 Å². The molecule has 0 amide bonds. The van der Waals surface area contributed by atoms with Crippen LogP contribution in [0.1, 0.15) is 20.3 Å². The molecule has 1 fully saturated rings. The average molecular weight is 302 g/mol. The van der Waals surface area contributed by atoms with Gasteiger partial charge in [0.25, 0.3) is 0 Å². The Morgan fingerprint density at radius 2 is 1.89 bits per heavy atom. The van der Waals surface area contributed by atoms with Crippen molar-refractivity contribution in [2.75, 3.05) is 26.2 Å². The molecular weight excluding hydrogens is 281 g/mol. The number of rotatable bonds is 4. The molecule has 106 valence electrons. The Hall–Kier alpha value is -0.440. The van der Waals surface area contributed by atoms with E-state index in [0.29, 0.717) is 22.4 Å². The van der Waals surface area contributed by atoms with Crippen molar-refractivity contribution in [2.24, 2.45) is 11.8 Å². The van der Waals surface area contributed by atoms with Crippen molar-refractivity contribution >= 4 is 23.2 Å². The molecule has 1 saturated heterocycles. The van der Waals surface area contributed by atoms with Gasteiger partial charge in [0.2, 0.25) is 0 Å². The lowest BCUT2D eigenvalue weighted by Gasteiger charge is -2.34. The molecule has 2 rings (SSSR count). The van der Waals surface area contributed by atoms with Crippen molar-refractivity contribution in [3.05, 3.63) is 28.2 Å². The monoisotopic (exact) mass is 301 g/mol. The van der Waals surface area contributed by atoms with E-state index < -0.39 is 0 Å². The molecule has 1 heterocycles. The second kappa shape index (κ2) is 6.83. The quantitative estimate of drug-likeness (QED) is 0.820. The van der Waals surface area contributed by atoms with Gasteiger partial charge >= 0.3 is 0 Å². The van der Waals surface area contributed by atoms with Gasteiger partial charge in [-0.05, 0) is 30.4 Å². The zero-order chi connectivity index (χ0) is 13.8. The Kier molecular flexibility index (Phi) is 5.37. The summed E-state index contributed by atoms with van der Waals surface area (Å²) in [6.45, 7) is 8.56. The summed E-state index contributed by atoms with van der Waals surface area (Å²) in [4.78, 5) is 2.47. The molecule has 1 aliphatic heterocycles. The highest BCUT2D eigenvalue weighted by molar-refractivity contribution is 6.42. The molecule has 1 aliphatic rings. The largest absolute Gasteiger partial charge is 0.491 e.